The molecule has 5 heteroatoms. The zero-order valence-corrected chi connectivity index (χ0v) is 9.92. The lowest BCUT2D eigenvalue weighted by atomic mass is 10.2. The van der Waals surface area contributed by atoms with Crippen LogP contribution in [0.1, 0.15) is 13.3 Å². The van der Waals surface area contributed by atoms with Gasteiger partial charge in [0.1, 0.15) is 0 Å². The van der Waals surface area contributed by atoms with E-state index in [1.54, 1.807) is 11.3 Å². The zero-order chi connectivity index (χ0) is 11.5. The Labute approximate surface area is 98.1 Å². The highest BCUT2D eigenvalue weighted by Gasteiger charge is 2.06. The van der Waals surface area contributed by atoms with Gasteiger partial charge in [0.25, 0.3) is 0 Å². The number of aromatic nitrogens is 1. The number of nitrogens with two attached hydrogens (primary N) is 1. The molecule has 0 aliphatic heterocycles. The van der Waals surface area contributed by atoms with E-state index in [1.807, 2.05) is 25.1 Å². The van der Waals surface area contributed by atoms with Crippen molar-refractivity contribution in [3.05, 3.63) is 18.2 Å². The molecular weight excluding hydrogens is 222 g/mol. The first-order valence-electron chi connectivity index (χ1n) is 5.22. The molecule has 2 aromatic rings. The number of aliphatic hydroxyl groups is 1. The van der Waals surface area contributed by atoms with Crippen LogP contribution in [0.2, 0.25) is 0 Å². The van der Waals surface area contributed by atoms with Crippen LogP contribution >= 0.6 is 11.3 Å². The van der Waals surface area contributed by atoms with Crippen LogP contribution in [0.5, 0.6) is 0 Å². The highest BCUT2D eigenvalue weighted by molar-refractivity contribution is 7.22. The fourth-order valence-electron chi connectivity index (χ4n) is 1.48. The molecule has 0 bridgehead atoms. The molecule has 0 spiro atoms. The fourth-order valence-corrected chi connectivity index (χ4v) is 2.51. The van der Waals surface area contributed by atoms with Crippen LogP contribution < -0.4 is 11.1 Å². The van der Waals surface area contributed by atoms with Gasteiger partial charge >= 0.3 is 0 Å². The van der Waals surface area contributed by atoms with Crippen molar-refractivity contribution in [2.75, 3.05) is 17.7 Å². The molecular formula is C11H15N3OS. The monoisotopic (exact) mass is 237 g/mol. The van der Waals surface area contributed by atoms with E-state index in [2.05, 4.69) is 10.3 Å². The van der Waals surface area contributed by atoms with E-state index in [4.69, 9.17) is 10.8 Å². The van der Waals surface area contributed by atoms with Gasteiger partial charge in [-0.3, -0.25) is 0 Å². The predicted octanol–water partition coefficient (Wildman–Crippen LogP) is 2.06. The van der Waals surface area contributed by atoms with Crippen LogP contribution in [-0.4, -0.2) is 22.7 Å². The van der Waals surface area contributed by atoms with Gasteiger partial charge in [-0.1, -0.05) is 11.3 Å². The first kappa shape index (κ1) is 11.2. The molecule has 4 N–H and O–H groups in total. The maximum absolute atomic E-state index is 8.82. The molecule has 1 unspecified atom stereocenters. The van der Waals surface area contributed by atoms with Crippen molar-refractivity contribution in [2.24, 2.45) is 0 Å². The number of anilines is 2. The van der Waals surface area contributed by atoms with E-state index in [0.717, 1.165) is 27.5 Å². The Morgan fingerprint density at radius 2 is 2.38 bits per heavy atom. The number of hydrogen-bond donors (Lipinski definition) is 3. The third-order valence-corrected chi connectivity index (χ3v) is 3.29. The lowest BCUT2D eigenvalue weighted by Gasteiger charge is -2.09. The van der Waals surface area contributed by atoms with Crippen molar-refractivity contribution in [1.82, 2.24) is 4.98 Å². The summed E-state index contributed by atoms with van der Waals surface area (Å²) in [5.41, 5.74) is 7.42. The summed E-state index contributed by atoms with van der Waals surface area (Å²) in [5.74, 6) is 0. The van der Waals surface area contributed by atoms with Gasteiger partial charge in [-0.2, -0.15) is 0 Å². The number of hydrogen-bond acceptors (Lipinski definition) is 5. The Hall–Kier alpha value is -1.33. The number of nitrogen functional groups attached to an aromatic ring is 1. The summed E-state index contributed by atoms with van der Waals surface area (Å²) >= 11 is 1.58. The van der Waals surface area contributed by atoms with Gasteiger partial charge in [-0.25, -0.2) is 4.98 Å². The summed E-state index contributed by atoms with van der Waals surface area (Å²) in [4.78, 5) is 4.45. The van der Waals surface area contributed by atoms with Crippen LogP contribution in [0.25, 0.3) is 10.2 Å². The Bertz CT molecular complexity index is 483. The number of fused-ring (bicyclic) bond motifs is 1. The second-order valence-electron chi connectivity index (χ2n) is 3.80. The first-order chi connectivity index (χ1) is 7.69. The normalized spacial score (nSPS) is 12.9. The van der Waals surface area contributed by atoms with Crippen LogP contribution in [0.3, 0.4) is 0 Å². The van der Waals surface area contributed by atoms with E-state index in [-0.39, 0.29) is 12.6 Å². The Balaban J connectivity index is 2.19. The van der Waals surface area contributed by atoms with Crippen molar-refractivity contribution in [3.8, 4) is 0 Å². The quantitative estimate of drug-likeness (QED) is 0.712. The van der Waals surface area contributed by atoms with Crippen molar-refractivity contribution < 1.29 is 5.11 Å². The number of aliphatic hydroxyl groups excluding tert-OH is 1. The van der Waals surface area contributed by atoms with E-state index < -0.39 is 0 Å². The number of rotatable bonds is 4. The summed E-state index contributed by atoms with van der Waals surface area (Å²) in [6, 6.07) is 5.92. The van der Waals surface area contributed by atoms with Gasteiger partial charge < -0.3 is 16.2 Å². The van der Waals surface area contributed by atoms with Crippen LogP contribution in [-0.2, 0) is 0 Å². The van der Waals surface area contributed by atoms with Crippen LogP contribution in [0.4, 0.5) is 10.8 Å². The molecule has 4 nitrogen and oxygen atoms in total. The smallest absolute Gasteiger partial charge is 0.184 e. The van der Waals surface area contributed by atoms with Crippen LogP contribution in [0.15, 0.2) is 18.2 Å². The second-order valence-corrected chi connectivity index (χ2v) is 4.83. The molecule has 1 aromatic carbocycles. The molecule has 0 aliphatic rings. The van der Waals surface area contributed by atoms with Crippen molar-refractivity contribution in [2.45, 2.75) is 19.4 Å². The number of nitrogens with one attached hydrogen (secondary N) is 1. The molecule has 1 heterocycles. The van der Waals surface area contributed by atoms with Crippen LogP contribution in [0, 0.1) is 0 Å². The number of benzene rings is 1. The highest BCUT2D eigenvalue weighted by Crippen LogP contribution is 2.27. The lowest BCUT2D eigenvalue weighted by Crippen LogP contribution is -2.16. The molecule has 2 rings (SSSR count). The molecule has 0 aliphatic carbocycles. The van der Waals surface area contributed by atoms with Gasteiger partial charge in [0, 0.05) is 18.3 Å². The molecule has 16 heavy (non-hydrogen) atoms. The maximum Gasteiger partial charge on any atom is 0.184 e. The van der Waals surface area contributed by atoms with Crippen molar-refractivity contribution >= 4 is 32.4 Å². The minimum absolute atomic E-state index is 0.187. The van der Waals surface area contributed by atoms with Gasteiger partial charge in [-0.15, -0.1) is 0 Å². The summed E-state index contributed by atoms with van der Waals surface area (Å²) < 4.78 is 1.08. The lowest BCUT2D eigenvalue weighted by molar-refractivity contribution is 0.282. The van der Waals surface area contributed by atoms with Gasteiger partial charge in [-0.05, 0) is 31.5 Å². The molecule has 1 atom stereocenters. The maximum atomic E-state index is 8.82. The van der Waals surface area contributed by atoms with E-state index in [9.17, 15) is 0 Å². The molecule has 0 fully saturated rings. The van der Waals surface area contributed by atoms with E-state index in [0.29, 0.717) is 0 Å². The summed E-state index contributed by atoms with van der Waals surface area (Å²) in [6.07, 6.45) is 0.720. The Kier molecular flexibility index (Phi) is 3.26. The predicted molar refractivity (Wildman–Crippen MR) is 68.8 cm³/mol. The zero-order valence-electron chi connectivity index (χ0n) is 9.10. The Morgan fingerprint density at radius 1 is 1.56 bits per heavy atom. The van der Waals surface area contributed by atoms with Gasteiger partial charge in [0.15, 0.2) is 5.13 Å². The third-order valence-electron chi connectivity index (χ3n) is 2.34. The average molecular weight is 237 g/mol. The molecule has 0 saturated carbocycles. The summed E-state index contributed by atoms with van der Waals surface area (Å²) in [5, 5.41) is 13.0. The van der Waals surface area contributed by atoms with Crippen molar-refractivity contribution in [3.63, 3.8) is 0 Å². The van der Waals surface area contributed by atoms with Crippen molar-refractivity contribution in [1.29, 1.82) is 0 Å². The average Bonchev–Trinajstić information content (AvgIpc) is 2.59. The molecule has 1 aromatic heterocycles. The number of thiazole rings is 1. The highest BCUT2D eigenvalue weighted by atomic mass is 32.1. The minimum Gasteiger partial charge on any atom is -0.399 e. The SMILES string of the molecule is CC(CCO)Nc1nc2ccc(N)cc2s1. The van der Waals surface area contributed by atoms with E-state index in [1.165, 1.54) is 0 Å². The third kappa shape index (κ3) is 2.43. The summed E-state index contributed by atoms with van der Waals surface area (Å²) in [7, 11) is 0. The summed E-state index contributed by atoms with van der Waals surface area (Å²) in [6.45, 7) is 2.21. The largest absolute Gasteiger partial charge is 0.399 e. The topological polar surface area (TPSA) is 71.2 Å². The van der Waals surface area contributed by atoms with E-state index >= 15 is 0 Å². The molecule has 0 saturated heterocycles. The number of nitrogens with zero attached hydrogens (tertiary/aromatic N) is 1. The fraction of sp³-hybridized carbons (Fsp3) is 0.364. The standard InChI is InChI=1S/C11H15N3OS/c1-7(4-5-15)13-11-14-9-3-2-8(12)6-10(9)16-11/h2-3,6-7,15H,4-5,12H2,1H3,(H,13,14). The second kappa shape index (κ2) is 4.67. The molecule has 0 amide bonds. The van der Waals surface area contributed by atoms with Gasteiger partial charge in [0.2, 0.25) is 0 Å². The first-order valence-corrected chi connectivity index (χ1v) is 6.04. The molecule has 0 radical (unpaired) electrons. The minimum atomic E-state index is 0.187. The van der Waals surface area contributed by atoms with Gasteiger partial charge in [0.05, 0.1) is 10.2 Å². The molecule has 86 valence electrons. The Morgan fingerprint density at radius 3 is 3.12 bits per heavy atom.